The van der Waals surface area contributed by atoms with Gasteiger partial charge in [0.25, 0.3) is 0 Å². The third-order valence-electron chi connectivity index (χ3n) is 3.75. The first-order valence-electron chi connectivity index (χ1n) is 8.03. The summed E-state index contributed by atoms with van der Waals surface area (Å²) in [6, 6.07) is 8.84. The van der Waals surface area contributed by atoms with Crippen LogP contribution in [-0.4, -0.2) is 24.8 Å². The van der Waals surface area contributed by atoms with Gasteiger partial charge >= 0.3 is 5.97 Å². The number of aromatic carboxylic acids is 1. The minimum Gasteiger partial charge on any atom is -0.493 e. The van der Waals surface area contributed by atoms with E-state index in [4.69, 9.17) is 14.6 Å². The van der Waals surface area contributed by atoms with Crippen LogP contribution in [0.1, 0.15) is 34.8 Å². The van der Waals surface area contributed by atoms with E-state index in [2.05, 4.69) is 21.2 Å². The van der Waals surface area contributed by atoms with Gasteiger partial charge in [-0.15, -0.1) is 0 Å². The molecule has 0 aliphatic rings. The number of anilines is 1. The van der Waals surface area contributed by atoms with Crippen molar-refractivity contribution in [3.8, 4) is 11.5 Å². The molecule has 2 aromatic carbocycles. The number of rotatable bonds is 8. The average molecular weight is 408 g/mol. The van der Waals surface area contributed by atoms with Crippen LogP contribution in [0.4, 0.5) is 5.69 Å². The molecule has 0 saturated heterocycles. The second-order valence-corrected chi connectivity index (χ2v) is 6.49. The Hall–Kier alpha value is -2.21. The molecule has 0 heterocycles. The van der Waals surface area contributed by atoms with Gasteiger partial charge in [-0.25, -0.2) is 4.79 Å². The normalized spacial score (nSPS) is 10.4. The summed E-state index contributed by atoms with van der Waals surface area (Å²) < 4.78 is 12.0. The monoisotopic (exact) mass is 407 g/mol. The van der Waals surface area contributed by atoms with E-state index in [9.17, 15) is 4.79 Å². The highest BCUT2D eigenvalue weighted by atomic mass is 79.9. The van der Waals surface area contributed by atoms with Gasteiger partial charge in [-0.3, -0.25) is 0 Å². The standard InChI is InChI=1S/C19H22BrNO4/c1-4-7-25-18-10-15(20)14(9-17(18)24-3)11-21-16-8-13(19(22)23)6-5-12(16)2/h5-6,8-10,21H,4,7,11H2,1-3H3,(H,22,23). The predicted molar refractivity (Wildman–Crippen MR) is 102 cm³/mol. The average Bonchev–Trinajstić information content (AvgIpc) is 2.59. The summed E-state index contributed by atoms with van der Waals surface area (Å²) in [6.07, 6.45) is 0.920. The van der Waals surface area contributed by atoms with E-state index >= 15 is 0 Å². The summed E-state index contributed by atoms with van der Waals surface area (Å²) in [7, 11) is 1.61. The molecule has 2 aromatic rings. The molecule has 2 N–H and O–H groups in total. The van der Waals surface area contributed by atoms with Gasteiger partial charge in [0.05, 0.1) is 19.3 Å². The fourth-order valence-electron chi connectivity index (χ4n) is 2.33. The molecule has 2 rings (SSSR count). The van der Waals surface area contributed by atoms with E-state index in [0.717, 1.165) is 27.7 Å². The number of methoxy groups -OCH3 is 1. The molecular formula is C19H22BrNO4. The van der Waals surface area contributed by atoms with Crippen molar-refractivity contribution in [3.63, 3.8) is 0 Å². The maximum absolute atomic E-state index is 11.1. The number of carbonyl (C=O) groups is 1. The Morgan fingerprint density at radius 3 is 2.64 bits per heavy atom. The maximum Gasteiger partial charge on any atom is 0.335 e. The number of halogens is 1. The number of carboxylic acid groups (broad SMARTS) is 1. The fourth-order valence-corrected chi connectivity index (χ4v) is 2.80. The van der Waals surface area contributed by atoms with Crippen LogP contribution in [0.25, 0.3) is 0 Å². The molecule has 0 radical (unpaired) electrons. The van der Waals surface area contributed by atoms with Crippen LogP contribution in [0.2, 0.25) is 0 Å². The zero-order valence-corrected chi connectivity index (χ0v) is 16.1. The van der Waals surface area contributed by atoms with Crippen LogP contribution in [0, 0.1) is 6.92 Å². The number of hydrogen-bond acceptors (Lipinski definition) is 4. The Bertz CT molecular complexity index is 761. The minimum atomic E-state index is -0.941. The highest BCUT2D eigenvalue weighted by molar-refractivity contribution is 9.10. The maximum atomic E-state index is 11.1. The molecule has 0 saturated carbocycles. The summed E-state index contributed by atoms with van der Waals surface area (Å²) in [6.45, 7) is 5.13. The second kappa shape index (κ2) is 8.76. The minimum absolute atomic E-state index is 0.257. The lowest BCUT2D eigenvalue weighted by Crippen LogP contribution is -2.05. The molecule has 134 valence electrons. The molecular weight excluding hydrogens is 386 g/mol. The summed E-state index contributed by atoms with van der Waals surface area (Å²) in [4.78, 5) is 11.1. The number of hydrogen-bond donors (Lipinski definition) is 2. The fraction of sp³-hybridized carbons (Fsp3) is 0.316. The highest BCUT2D eigenvalue weighted by Gasteiger charge is 2.11. The van der Waals surface area contributed by atoms with Crippen molar-refractivity contribution in [1.29, 1.82) is 0 Å². The number of benzene rings is 2. The molecule has 25 heavy (non-hydrogen) atoms. The van der Waals surface area contributed by atoms with Crippen molar-refractivity contribution in [1.82, 2.24) is 0 Å². The topological polar surface area (TPSA) is 67.8 Å². The Labute approximate surface area is 156 Å². The van der Waals surface area contributed by atoms with E-state index in [1.807, 2.05) is 26.0 Å². The van der Waals surface area contributed by atoms with Gasteiger partial charge in [0.1, 0.15) is 0 Å². The van der Waals surface area contributed by atoms with Gasteiger partial charge < -0.3 is 19.9 Å². The zero-order valence-electron chi connectivity index (χ0n) is 14.6. The van der Waals surface area contributed by atoms with Crippen molar-refractivity contribution in [2.45, 2.75) is 26.8 Å². The molecule has 0 amide bonds. The Kier molecular flexibility index (Phi) is 6.70. The quantitative estimate of drug-likeness (QED) is 0.653. The van der Waals surface area contributed by atoms with Gasteiger partial charge in [0, 0.05) is 16.7 Å². The lowest BCUT2D eigenvalue weighted by Gasteiger charge is -2.15. The first kappa shape index (κ1) is 19.1. The van der Waals surface area contributed by atoms with Gasteiger partial charge in [0.15, 0.2) is 11.5 Å². The molecule has 6 heteroatoms. The van der Waals surface area contributed by atoms with E-state index in [1.54, 1.807) is 25.3 Å². The molecule has 0 aromatic heterocycles. The van der Waals surface area contributed by atoms with Crippen LogP contribution < -0.4 is 14.8 Å². The SMILES string of the molecule is CCCOc1cc(Br)c(CNc2cc(C(=O)O)ccc2C)cc1OC. The molecule has 0 aliphatic carbocycles. The van der Waals surface area contributed by atoms with E-state index in [-0.39, 0.29) is 5.56 Å². The lowest BCUT2D eigenvalue weighted by atomic mass is 10.1. The number of nitrogens with one attached hydrogen (secondary N) is 1. The number of ether oxygens (including phenoxy) is 2. The summed E-state index contributed by atoms with van der Waals surface area (Å²) in [5.74, 6) is 0.428. The first-order valence-corrected chi connectivity index (χ1v) is 8.82. The Morgan fingerprint density at radius 1 is 1.24 bits per heavy atom. The third kappa shape index (κ3) is 4.89. The molecule has 5 nitrogen and oxygen atoms in total. The van der Waals surface area contributed by atoms with E-state index < -0.39 is 5.97 Å². The van der Waals surface area contributed by atoms with Crippen LogP contribution >= 0.6 is 15.9 Å². The van der Waals surface area contributed by atoms with Crippen molar-refractivity contribution in [2.24, 2.45) is 0 Å². The summed E-state index contributed by atoms with van der Waals surface area (Å²) in [5.41, 5.74) is 3.02. The second-order valence-electron chi connectivity index (χ2n) is 5.63. The van der Waals surface area contributed by atoms with Crippen molar-refractivity contribution in [2.75, 3.05) is 19.0 Å². The Morgan fingerprint density at radius 2 is 2.00 bits per heavy atom. The predicted octanol–water partition coefficient (Wildman–Crippen LogP) is 4.87. The molecule has 0 unspecified atom stereocenters. The van der Waals surface area contributed by atoms with Crippen LogP contribution in [0.15, 0.2) is 34.8 Å². The van der Waals surface area contributed by atoms with Gasteiger partial charge in [-0.2, -0.15) is 0 Å². The van der Waals surface area contributed by atoms with Gasteiger partial charge in [-0.1, -0.05) is 28.9 Å². The first-order chi connectivity index (χ1) is 12.0. The highest BCUT2D eigenvalue weighted by Crippen LogP contribution is 2.34. The van der Waals surface area contributed by atoms with Crippen molar-refractivity contribution < 1.29 is 19.4 Å². The van der Waals surface area contributed by atoms with Crippen molar-refractivity contribution >= 4 is 27.6 Å². The van der Waals surface area contributed by atoms with Crippen LogP contribution in [0.5, 0.6) is 11.5 Å². The van der Waals surface area contributed by atoms with Gasteiger partial charge in [0.2, 0.25) is 0 Å². The third-order valence-corrected chi connectivity index (χ3v) is 4.49. The van der Waals surface area contributed by atoms with Crippen molar-refractivity contribution in [3.05, 3.63) is 51.5 Å². The Balaban J connectivity index is 2.20. The molecule has 0 spiro atoms. The summed E-state index contributed by atoms with van der Waals surface area (Å²) >= 11 is 3.56. The number of carboxylic acids is 1. The zero-order chi connectivity index (χ0) is 18.4. The van der Waals surface area contributed by atoms with E-state index in [1.165, 1.54) is 0 Å². The smallest absolute Gasteiger partial charge is 0.335 e. The molecule has 0 aliphatic heterocycles. The molecule has 0 bridgehead atoms. The van der Waals surface area contributed by atoms with Crippen LogP contribution in [-0.2, 0) is 6.54 Å². The van der Waals surface area contributed by atoms with Gasteiger partial charge in [-0.05, 0) is 48.7 Å². The van der Waals surface area contributed by atoms with Crippen LogP contribution in [0.3, 0.4) is 0 Å². The molecule has 0 atom stereocenters. The molecule has 0 fully saturated rings. The summed E-state index contributed by atoms with van der Waals surface area (Å²) in [5, 5.41) is 12.4. The largest absolute Gasteiger partial charge is 0.493 e. The number of aryl methyl sites for hydroxylation is 1. The lowest BCUT2D eigenvalue weighted by molar-refractivity contribution is 0.0697. The van der Waals surface area contributed by atoms with E-state index in [0.29, 0.717) is 24.7 Å².